The van der Waals surface area contributed by atoms with Gasteiger partial charge in [0.15, 0.2) is 0 Å². The summed E-state index contributed by atoms with van der Waals surface area (Å²) in [7, 11) is 0. The highest BCUT2D eigenvalue weighted by Crippen LogP contribution is 2.23. The first kappa shape index (κ1) is 16.6. The number of aromatic nitrogens is 1. The molecule has 4 nitrogen and oxygen atoms in total. The number of amides is 1. The SMILES string of the molecule is CCN(c1ccccc1)c1ccc(NC(=O)c2ccc(F)cc2)cn1. The summed E-state index contributed by atoms with van der Waals surface area (Å²) in [5.74, 6) is 0.126. The van der Waals surface area contributed by atoms with Gasteiger partial charge >= 0.3 is 0 Å². The van der Waals surface area contributed by atoms with Gasteiger partial charge in [0.1, 0.15) is 11.6 Å². The zero-order valence-corrected chi connectivity index (χ0v) is 13.8. The number of para-hydroxylation sites is 1. The third-order valence-corrected chi connectivity index (χ3v) is 3.77. The van der Waals surface area contributed by atoms with E-state index in [1.807, 2.05) is 36.4 Å². The molecule has 0 spiro atoms. The lowest BCUT2D eigenvalue weighted by atomic mass is 10.2. The summed E-state index contributed by atoms with van der Waals surface area (Å²) in [6.07, 6.45) is 1.61. The molecule has 25 heavy (non-hydrogen) atoms. The lowest BCUT2D eigenvalue weighted by Gasteiger charge is -2.22. The first-order valence-electron chi connectivity index (χ1n) is 8.03. The molecule has 0 atom stereocenters. The van der Waals surface area contributed by atoms with Crippen molar-refractivity contribution >= 4 is 23.1 Å². The van der Waals surface area contributed by atoms with Crippen LogP contribution in [0.1, 0.15) is 17.3 Å². The summed E-state index contributed by atoms with van der Waals surface area (Å²) in [5, 5.41) is 2.76. The number of carbonyl (C=O) groups excluding carboxylic acids is 1. The monoisotopic (exact) mass is 335 g/mol. The number of hydrogen-bond acceptors (Lipinski definition) is 3. The van der Waals surface area contributed by atoms with Gasteiger partial charge in [0.25, 0.3) is 5.91 Å². The number of benzene rings is 2. The highest BCUT2D eigenvalue weighted by Gasteiger charge is 2.10. The van der Waals surface area contributed by atoms with Gasteiger partial charge in [-0.3, -0.25) is 4.79 Å². The second-order valence-electron chi connectivity index (χ2n) is 5.45. The van der Waals surface area contributed by atoms with Gasteiger partial charge in [-0.05, 0) is 55.5 Å². The van der Waals surface area contributed by atoms with Crippen molar-refractivity contribution in [2.24, 2.45) is 0 Å². The lowest BCUT2D eigenvalue weighted by molar-refractivity contribution is 0.102. The van der Waals surface area contributed by atoms with E-state index in [9.17, 15) is 9.18 Å². The number of pyridine rings is 1. The molecule has 0 saturated carbocycles. The molecule has 0 saturated heterocycles. The third kappa shape index (κ3) is 4.01. The molecular weight excluding hydrogens is 317 g/mol. The fourth-order valence-corrected chi connectivity index (χ4v) is 2.51. The van der Waals surface area contributed by atoms with Gasteiger partial charge in [-0.2, -0.15) is 0 Å². The number of rotatable bonds is 5. The molecule has 0 fully saturated rings. The molecule has 0 aliphatic carbocycles. The molecule has 1 amide bonds. The topological polar surface area (TPSA) is 45.2 Å². The minimum Gasteiger partial charge on any atom is -0.327 e. The smallest absolute Gasteiger partial charge is 0.255 e. The molecule has 1 heterocycles. The summed E-state index contributed by atoms with van der Waals surface area (Å²) in [5.41, 5.74) is 2.03. The Morgan fingerprint density at radius 1 is 1.04 bits per heavy atom. The van der Waals surface area contributed by atoms with Crippen LogP contribution in [0.4, 0.5) is 21.6 Å². The van der Waals surface area contributed by atoms with Gasteiger partial charge in [-0.25, -0.2) is 9.37 Å². The second kappa shape index (κ2) is 7.57. The molecule has 5 heteroatoms. The summed E-state index contributed by atoms with van der Waals surface area (Å²) >= 11 is 0. The first-order chi connectivity index (χ1) is 12.2. The Kier molecular flexibility index (Phi) is 5.04. The van der Waals surface area contributed by atoms with Crippen LogP contribution in [0.15, 0.2) is 72.9 Å². The summed E-state index contributed by atoms with van der Waals surface area (Å²) in [6.45, 7) is 2.83. The van der Waals surface area contributed by atoms with Crippen LogP contribution >= 0.6 is 0 Å². The zero-order chi connectivity index (χ0) is 17.6. The van der Waals surface area contributed by atoms with E-state index in [2.05, 4.69) is 22.1 Å². The maximum atomic E-state index is 12.9. The van der Waals surface area contributed by atoms with E-state index in [0.29, 0.717) is 11.3 Å². The minimum absolute atomic E-state index is 0.301. The Balaban J connectivity index is 1.73. The first-order valence-corrected chi connectivity index (χ1v) is 8.03. The van der Waals surface area contributed by atoms with Crippen LogP contribution in [0.5, 0.6) is 0 Å². The molecule has 0 aliphatic rings. The van der Waals surface area contributed by atoms with E-state index in [0.717, 1.165) is 18.1 Å². The van der Waals surface area contributed by atoms with Gasteiger partial charge in [0, 0.05) is 17.8 Å². The molecular formula is C20H18FN3O. The van der Waals surface area contributed by atoms with E-state index in [-0.39, 0.29) is 11.7 Å². The molecule has 0 radical (unpaired) electrons. The van der Waals surface area contributed by atoms with E-state index in [1.54, 1.807) is 12.3 Å². The van der Waals surface area contributed by atoms with Crippen LogP contribution in [-0.4, -0.2) is 17.4 Å². The van der Waals surface area contributed by atoms with Crippen LogP contribution < -0.4 is 10.2 Å². The molecule has 126 valence electrons. The molecule has 0 bridgehead atoms. The minimum atomic E-state index is -0.372. The molecule has 0 unspecified atom stereocenters. The van der Waals surface area contributed by atoms with Gasteiger partial charge in [0.2, 0.25) is 0 Å². The predicted octanol–water partition coefficient (Wildman–Crippen LogP) is 4.63. The molecule has 1 N–H and O–H groups in total. The fraction of sp³-hybridized carbons (Fsp3) is 0.100. The van der Waals surface area contributed by atoms with Crippen molar-refractivity contribution in [1.29, 1.82) is 0 Å². The standard InChI is InChI=1S/C20H18FN3O/c1-2-24(18-6-4-3-5-7-18)19-13-12-17(14-22-19)23-20(25)15-8-10-16(21)11-9-15/h3-14H,2H2,1H3,(H,23,25). The van der Waals surface area contributed by atoms with Gasteiger partial charge in [-0.1, -0.05) is 18.2 Å². The molecule has 1 aromatic heterocycles. The van der Waals surface area contributed by atoms with Crippen molar-refractivity contribution in [1.82, 2.24) is 4.98 Å². The molecule has 3 aromatic rings. The normalized spacial score (nSPS) is 10.3. The Bertz CT molecular complexity index is 833. The van der Waals surface area contributed by atoms with E-state index >= 15 is 0 Å². The van der Waals surface area contributed by atoms with E-state index in [4.69, 9.17) is 0 Å². The van der Waals surface area contributed by atoms with E-state index < -0.39 is 0 Å². The van der Waals surface area contributed by atoms with Crippen molar-refractivity contribution in [2.45, 2.75) is 6.92 Å². The Morgan fingerprint density at radius 2 is 1.76 bits per heavy atom. The van der Waals surface area contributed by atoms with Crippen LogP contribution in [-0.2, 0) is 0 Å². The quantitative estimate of drug-likeness (QED) is 0.739. The Hall–Kier alpha value is -3.21. The number of nitrogens with zero attached hydrogens (tertiary/aromatic N) is 2. The van der Waals surface area contributed by atoms with Crippen LogP contribution in [0.25, 0.3) is 0 Å². The summed E-state index contributed by atoms with van der Waals surface area (Å²) in [4.78, 5) is 18.7. The highest BCUT2D eigenvalue weighted by molar-refractivity contribution is 6.04. The average Bonchev–Trinajstić information content (AvgIpc) is 2.65. The third-order valence-electron chi connectivity index (χ3n) is 3.77. The van der Waals surface area contributed by atoms with Crippen LogP contribution in [0, 0.1) is 5.82 Å². The fourth-order valence-electron chi connectivity index (χ4n) is 2.51. The Morgan fingerprint density at radius 3 is 2.36 bits per heavy atom. The predicted molar refractivity (Wildman–Crippen MR) is 97.7 cm³/mol. The van der Waals surface area contributed by atoms with Crippen molar-refractivity contribution in [2.75, 3.05) is 16.8 Å². The number of anilines is 3. The molecule has 2 aromatic carbocycles. The largest absolute Gasteiger partial charge is 0.327 e. The van der Waals surface area contributed by atoms with E-state index in [1.165, 1.54) is 24.3 Å². The lowest BCUT2D eigenvalue weighted by Crippen LogP contribution is -2.17. The zero-order valence-electron chi connectivity index (χ0n) is 13.8. The van der Waals surface area contributed by atoms with Crippen molar-refractivity contribution < 1.29 is 9.18 Å². The summed E-state index contributed by atoms with van der Waals surface area (Å²) in [6, 6.07) is 19.0. The van der Waals surface area contributed by atoms with Crippen LogP contribution in [0.3, 0.4) is 0 Å². The average molecular weight is 335 g/mol. The molecule has 3 rings (SSSR count). The maximum Gasteiger partial charge on any atom is 0.255 e. The maximum absolute atomic E-state index is 12.9. The number of nitrogens with one attached hydrogen (secondary N) is 1. The second-order valence-corrected chi connectivity index (χ2v) is 5.45. The van der Waals surface area contributed by atoms with Gasteiger partial charge in [-0.15, -0.1) is 0 Å². The number of carbonyl (C=O) groups is 1. The highest BCUT2D eigenvalue weighted by atomic mass is 19.1. The molecule has 0 aliphatic heterocycles. The summed E-state index contributed by atoms with van der Waals surface area (Å²) < 4.78 is 12.9. The van der Waals surface area contributed by atoms with Gasteiger partial charge in [0.05, 0.1) is 11.9 Å². The van der Waals surface area contributed by atoms with Gasteiger partial charge < -0.3 is 10.2 Å². The Labute approximate surface area is 145 Å². The van der Waals surface area contributed by atoms with Crippen molar-refractivity contribution in [3.05, 3.63) is 84.3 Å². The van der Waals surface area contributed by atoms with Crippen LogP contribution in [0.2, 0.25) is 0 Å². The van der Waals surface area contributed by atoms with Crippen molar-refractivity contribution in [3.8, 4) is 0 Å². The number of halogens is 1. The number of hydrogen-bond donors (Lipinski definition) is 1. The van der Waals surface area contributed by atoms with Crippen molar-refractivity contribution in [3.63, 3.8) is 0 Å².